The lowest BCUT2D eigenvalue weighted by atomic mass is 10.1. The van der Waals surface area contributed by atoms with Crippen molar-refractivity contribution in [3.05, 3.63) is 94.0 Å². The highest BCUT2D eigenvalue weighted by atomic mass is 16.5. The molecule has 1 N–H and O–H groups in total. The Kier molecular flexibility index (Phi) is 5.54. The van der Waals surface area contributed by atoms with Gasteiger partial charge in [-0.05, 0) is 74.4 Å². The Hall–Kier alpha value is -3.93. The van der Waals surface area contributed by atoms with Crippen LogP contribution in [0.3, 0.4) is 0 Å². The van der Waals surface area contributed by atoms with Crippen LogP contribution < -0.4 is 15.6 Å². The van der Waals surface area contributed by atoms with Crippen LogP contribution in [-0.4, -0.2) is 22.1 Å². The van der Waals surface area contributed by atoms with E-state index in [9.17, 15) is 9.59 Å². The predicted molar refractivity (Wildman–Crippen MR) is 122 cm³/mol. The fraction of sp³-hybridized carbons (Fsp3) is 0.160. The number of fused-ring (bicyclic) bond motifs is 1. The lowest BCUT2D eigenvalue weighted by Gasteiger charge is -2.13. The number of anilines is 1. The van der Waals surface area contributed by atoms with Gasteiger partial charge < -0.3 is 10.1 Å². The summed E-state index contributed by atoms with van der Waals surface area (Å²) >= 11 is 0. The van der Waals surface area contributed by atoms with Crippen LogP contribution in [0, 0.1) is 20.8 Å². The van der Waals surface area contributed by atoms with Gasteiger partial charge in [0, 0.05) is 5.69 Å². The predicted octanol–water partition coefficient (Wildman–Crippen LogP) is 4.33. The Balaban J connectivity index is 1.49. The van der Waals surface area contributed by atoms with Crippen LogP contribution in [-0.2, 0) is 4.79 Å². The first-order chi connectivity index (χ1) is 14.9. The number of ether oxygens (including phenoxy) is 1. The molecule has 0 saturated carbocycles. The van der Waals surface area contributed by atoms with Crippen molar-refractivity contribution in [3.63, 3.8) is 0 Å². The average Bonchev–Trinajstić information content (AvgIpc) is 2.76. The number of nitrogens with zero attached hydrogens (tertiary/aromatic N) is 2. The molecule has 0 bridgehead atoms. The Morgan fingerprint density at radius 2 is 1.71 bits per heavy atom. The van der Waals surface area contributed by atoms with Crippen LogP contribution in [0.5, 0.6) is 5.75 Å². The second-order valence-corrected chi connectivity index (χ2v) is 7.40. The maximum Gasteiger partial charge on any atom is 0.265 e. The molecule has 0 aliphatic heterocycles. The molecule has 4 rings (SSSR count). The minimum atomic E-state index is -0.255. The molecule has 1 heterocycles. The zero-order valence-corrected chi connectivity index (χ0v) is 17.7. The molecule has 0 saturated heterocycles. The first kappa shape index (κ1) is 20.3. The third kappa shape index (κ3) is 4.19. The van der Waals surface area contributed by atoms with Gasteiger partial charge >= 0.3 is 0 Å². The van der Waals surface area contributed by atoms with Crippen LogP contribution in [0.1, 0.15) is 17.0 Å². The summed E-state index contributed by atoms with van der Waals surface area (Å²) in [6, 6.07) is 20.1. The summed E-state index contributed by atoms with van der Waals surface area (Å²) in [6.07, 6.45) is 0. The number of hydrogen-bond donors (Lipinski definition) is 1. The van der Waals surface area contributed by atoms with E-state index in [1.165, 1.54) is 0 Å². The van der Waals surface area contributed by atoms with Crippen molar-refractivity contribution in [2.75, 3.05) is 11.9 Å². The maximum atomic E-state index is 12.9. The molecule has 3 aromatic carbocycles. The summed E-state index contributed by atoms with van der Waals surface area (Å²) < 4.78 is 7.22. The highest BCUT2D eigenvalue weighted by molar-refractivity contribution is 5.92. The Labute approximate surface area is 180 Å². The second-order valence-electron chi connectivity index (χ2n) is 7.40. The molecule has 31 heavy (non-hydrogen) atoms. The number of aryl methyl sites for hydroxylation is 2. The van der Waals surface area contributed by atoms with E-state index in [2.05, 4.69) is 10.3 Å². The first-order valence-corrected chi connectivity index (χ1v) is 10.0. The van der Waals surface area contributed by atoms with Crippen molar-refractivity contribution in [1.82, 2.24) is 9.55 Å². The Morgan fingerprint density at radius 1 is 0.968 bits per heavy atom. The topological polar surface area (TPSA) is 73.2 Å². The van der Waals surface area contributed by atoms with Gasteiger partial charge in [-0.15, -0.1) is 0 Å². The number of carbonyl (C=O) groups excluding carboxylic acids is 1. The second kappa shape index (κ2) is 8.44. The van der Waals surface area contributed by atoms with Crippen LogP contribution in [0.25, 0.3) is 16.6 Å². The molecule has 0 unspecified atom stereocenters. The van der Waals surface area contributed by atoms with Crippen molar-refractivity contribution in [2.45, 2.75) is 20.8 Å². The smallest absolute Gasteiger partial charge is 0.265 e. The fourth-order valence-corrected chi connectivity index (χ4v) is 3.46. The third-order valence-electron chi connectivity index (χ3n) is 5.27. The first-order valence-electron chi connectivity index (χ1n) is 10.0. The van der Waals surface area contributed by atoms with Crippen LogP contribution in [0.2, 0.25) is 0 Å². The zero-order valence-electron chi connectivity index (χ0n) is 17.7. The minimum absolute atomic E-state index is 0.0841. The maximum absolute atomic E-state index is 12.9. The molecule has 0 atom stereocenters. The molecule has 6 heteroatoms. The summed E-state index contributed by atoms with van der Waals surface area (Å²) in [5.41, 5.74) is 3.99. The van der Waals surface area contributed by atoms with E-state index >= 15 is 0 Å². The molecule has 6 nitrogen and oxygen atoms in total. The minimum Gasteiger partial charge on any atom is -0.483 e. The van der Waals surface area contributed by atoms with Gasteiger partial charge in [0.2, 0.25) is 0 Å². The molecule has 0 fully saturated rings. The quantitative estimate of drug-likeness (QED) is 0.529. The van der Waals surface area contributed by atoms with Crippen molar-refractivity contribution in [3.8, 4) is 11.4 Å². The van der Waals surface area contributed by atoms with Crippen molar-refractivity contribution < 1.29 is 9.53 Å². The van der Waals surface area contributed by atoms with Crippen molar-refractivity contribution in [1.29, 1.82) is 0 Å². The van der Waals surface area contributed by atoms with Gasteiger partial charge in [0.05, 0.1) is 16.6 Å². The van der Waals surface area contributed by atoms with Gasteiger partial charge in [-0.25, -0.2) is 4.98 Å². The monoisotopic (exact) mass is 413 g/mol. The molecule has 1 aromatic heterocycles. The van der Waals surface area contributed by atoms with Gasteiger partial charge in [0.25, 0.3) is 11.5 Å². The number of para-hydroxylation sites is 1. The lowest BCUT2D eigenvalue weighted by Crippen LogP contribution is -2.22. The fourth-order valence-electron chi connectivity index (χ4n) is 3.46. The molecule has 1 amide bonds. The number of rotatable bonds is 5. The summed E-state index contributed by atoms with van der Waals surface area (Å²) in [5, 5.41) is 3.38. The molecule has 4 aromatic rings. The number of benzene rings is 3. The lowest BCUT2D eigenvalue weighted by molar-refractivity contribution is -0.118. The van der Waals surface area contributed by atoms with E-state index in [4.69, 9.17) is 4.74 Å². The zero-order chi connectivity index (χ0) is 22.0. The van der Waals surface area contributed by atoms with Crippen LogP contribution in [0.15, 0.2) is 71.5 Å². The largest absolute Gasteiger partial charge is 0.483 e. The third-order valence-corrected chi connectivity index (χ3v) is 5.27. The number of hydrogen-bond acceptors (Lipinski definition) is 4. The molecule has 156 valence electrons. The van der Waals surface area contributed by atoms with Crippen molar-refractivity contribution in [2.24, 2.45) is 0 Å². The number of amides is 1. The SMILES string of the molecule is Cc1cccc(OCC(=O)Nc2ccc(-n3c(C)nc4ccccc4c3=O)cc2)c1C. The van der Waals surface area contributed by atoms with E-state index in [1.807, 2.05) is 50.2 Å². The summed E-state index contributed by atoms with van der Waals surface area (Å²) in [6.45, 7) is 5.68. The highest BCUT2D eigenvalue weighted by Crippen LogP contribution is 2.20. The molecular weight excluding hydrogens is 390 g/mol. The highest BCUT2D eigenvalue weighted by Gasteiger charge is 2.11. The Bertz CT molecular complexity index is 1320. The van der Waals surface area contributed by atoms with Crippen molar-refractivity contribution >= 4 is 22.5 Å². The number of nitrogens with one attached hydrogen (secondary N) is 1. The van der Waals surface area contributed by atoms with Gasteiger partial charge in [0.1, 0.15) is 11.6 Å². The van der Waals surface area contributed by atoms with E-state index < -0.39 is 0 Å². The normalized spacial score (nSPS) is 10.8. The van der Waals surface area contributed by atoms with E-state index in [0.29, 0.717) is 33.9 Å². The molecular formula is C25H23N3O3. The van der Waals surface area contributed by atoms with E-state index in [-0.39, 0.29) is 18.1 Å². The number of carbonyl (C=O) groups is 1. The van der Waals surface area contributed by atoms with Gasteiger partial charge in [-0.2, -0.15) is 0 Å². The molecule has 0 aliphatic carbocycles. The molecule has 0 spiro atoms. The van der Waals surface area contributed by atoms with Gasteiger partial charge in [-0.1, -0.05) is 24.3 Å². The van der Waals surface area contributed by atoms with E-state index in [1.54, 1.807) is 41.8 Å². The van der Waals surface area contributed by atoms with Gasteiger partial charge in [0.15, 0.2) is 6.61 Å². The standard InChI is InChI=1S/C25H23N3O3/c1-16-7-6-10-23(17(16)2)31-15-24(29)27-19-11-13-20(14-12-19)28-18(3)26-22-9-5-4-8-21(22)25(28)30/h4-14H,15H2,1-3H3,(H,27,29). The molecule has 0 radical (unpaired) electrons. The molecule has 0 aliphatic rings. The number of aromatic nitrogens is 2. The average molecular weight is 413 g/mol. The van der Waals surface area contributed by atoms with E-state index in [0.717, 1.165) is 11.1 Å². The van der Waals surface area contributed by atoms with Gasteiger partial charge in [-0.3, -0.25) is 14.2 Å². The Morgan fingerprint density at radius 3 is 2.48 bits per heavy atom. The summed E-state index contributed by atoms with van der Waals surface area (Å²) in [4.78, 5) is 29.7. The van der Waals surface area contributed by atoms with Crippen LogP contribution >= 0.6 is 0 Å². The summed E-state index contributed by atoms with van der Waals surface area (Å²) in [5.74, 6) is 1.04. The summed E-state index contributed by atoms with van der Waals surface area (Å²) in [7, 11) is 0. The van der Waals surface area contributed by atoms with Crippen LogP contribution in [0.4, 0.5) is 5.69 Å².